The van der Waals surface area contributed by atoms with Crippen molar-refractivity contribution in [2.45, 2.75) is 32.6 Å². The van der Waals surface area contributed by atoms with E-state index < -0.39 is 5.97 Å². The van der Waals surface area contributed by atoms with Gasteiger partial charge in [0.2, 0.25) is 5.91 Å². The molecule has 0 bridgehead atoms. The van der Waals surface area contributed by atoms with Crippen LogP contribution in [0.1, 0.15) is 42.1 Å². The highest BCUT2D eigenvalue weighted by Gasteiger charge is 2.23. The molecule has 7 heteroatoms. The van der Waals surface area contributed by atoms with Crippen molar-refractivity contribution in [1.82, 2.24) is 10.2 Å². The second-order valence-corrected chi connectivity index (χ2v) is 7.75. The molecule has 1 aliphatic rings. The second-order valence-electron chi connectivity index (χ2n) is 7.75. The van der Waals surface area contributed by atoms with Crippen molar-refractivity contribution in [3.8, 4) is 5.75 Å². The topological polar surface area (TPSA) is 75.7 Å². The van der Waals surface area contributed by atoms with E-state index in [-0.39, 0.29) is 23.5 Å². The number of nitrogens with one attached hydrogen (secondary N) is 1. The minimum absolute atomic E-state index is 0.0352. The molecule has 0 spiro atoms. The van der Waals surface area contributed by atoms with Crippen molar-refractivity contribution in [3.63, 3.8) is 0 Å². The van der Waals surface area contributed by atoms with Crippen molar-refractivity contribution in [2.24, 2.45) is 5.92 Å². The van der Waals surface area contributed by atoms with Gasteiger partial charge in [0.05, 0.1) is 0 Å². The van der Waals surface area contributed by atoms with Crippen LogP contribution in [0.2, 0.25) is 0 Å². The Bertz CT molecular complexity index is 939. The van der Waals surface area contributed by atoms with Gasteiger partial charge in [0.15, 0.2) is 0 Å². The first-order chi connectivity index (χ1) is 14.9. The van der Waals surface area contributed by atoms with Crippen molar-refractivity contribution in [2.75, 3.05) is 19.6 Å². The molecule has 1 N–H and O–H groups in total. The summed E-state index contributed by atoms with van der Waals surface area (Å²) in [6.07, 6.45) is 2.30. The van der Waals surface area contributed by atoms with E-state index in [2.05, 4.69) is 5.32 Å². The molecular weight excluding hydrogens is 399 g/mol. The maximum atomic E-state index is 13.7. The van der Waals surface area contributed by atoms with Crippen LogP contribution in [-0.2, 0) is 16.0 Å². The fourth-order valence-corrected chi connectivity index (χ4v) is 3.69. The van der Waals surface area contributed by atoms with E-state index in [1.54, 1.807) is 36.4 Å². The average molecular weight is 426 g/mol. The van der Waals surface area contributed by atoms with Gasteiger partial charge in [-0.05, 0) is 55.0 Å². The number of benzene rings is 2. The Balaban J connectivity index is 1.41. The first kappa shape index (κ1) is 22.5. The number of esters is 1. The molecule has 0 radical (unpaired) electrons. The molecule has 6 nitrogen and oxygen atoms in total. The number of aryl methyl sites for hydroxylation is 1. The summed E-state index contributed by atoms with van der Waals surface area (Å²) in [5.74, 6) is -0.278. The average Bonchev–Trinajstić information content (AvgIpc) is 2.77. The maximum Gasteiger partial charge on any atom is 0.308 e. The van der Waals surface area contributed by atoms with Gasteiger partial charge in [0, 0.05) is 38.5 Å². The van der Waals surface area contributed by atoms with Crippen molar-refractivity contribution < 1.29 is 23.5 Å². The molecule has 0 saturated carbocycles. The van der Waals surface area contributed by atoms with E-state index in [9.17, 15) is 18.8 Å². The summed E-state index contributed by atoms with van der Waals surface area (Å²) in [6.45, 7) is 3.11. The molecule has 1 aliphatic heterocycles. The first-order valence-electron chi connectivity index (χ1n) is 10.5. The lowest BCUT2D eigenvalue weighted by atomic mass is 9.96. The van der Waals surface area contributed by atoms with Gasteiger partial charge in [-0.15, -0.1) is 0 Å². The zero-order valence-electron chi connectivity index (χ0n) is 17.6. The second kappa shape index (κ2) is 10.7. The molecule has 0 atom stereocenters. The smallest absolute Gasteiger partial charge is 0.308 e. The quantitative estimate of drug-likeness (QED) is 0.544. The number of piperidine rings is 1. The summed E-state index contributed by atoms with van der Waals surface area (Å²) >= 11 is 0. The fraction of sp³-hybridized carbons (Fsp3) is 0.375. The Labute approximate surface area is 181 Å². The van der Waals surface area contributed by atoms with Crippen LogP contribution in [0.3, 0.4) is 0 Å². The van der Waals surface area contributed by atoms with Gasteiger partial charge < -0.3 is 15.0 Å². The Hall–Kier alpha value is -3.22. The van der Waals surface area contributed by atoms with Crippen LogP contribution in [0.4, 0.5) is 4.39 Å². The lowest BCUT2D eigenvalue weighted by Crippen LogP contribution is -2.41. The SMILES string of the molecule is CC(=O)Oc1cccc(C(=O)NCC2CCN(C(=O)CCc3ccccc3F)CC2)c1. The van der Waals surface area contributed by atoms with Crippen molar-refractivity contribution in [1.29, 1.82) is 0 Å². The molecule has 31 heavy (non-hydrogen) atoms. The molecule has 1 saturated heterocycles. The Kier molecular flexibility index (Phi) is 7.76. The molecule has 1 heterocycles. The molecular formula is C24H27FN2O4. The van der Waals surface area contributed by atoms with Crippen molar-refractivity contribution in [3.05, 3.63) is 65.5 Å². The maximum absolute atomic E-state index is 13.7. The summed E-state index contributed by atoms with van der Waals surface area (Å²) < 4.78 is 18.7. The van der Waals surface area contributed by atoms with Crippen molar-refractivity contribution >= 4 is 17.8 Å². The Morgan fingerprint density at radius 2 is 1.84 bits per heavy atom. The third kappa shape index (κ3) is 6.64. The van der Waals surface area contributed by atoms with Crippen LogP contribution in [0.15, 0.2) is 48.5 Å². The van der Waals surface area contributed by atoms with Crippen LogP contribution < -0.4 is 10.1 Å². The predicted molar refractivity (Wildman–Crippen MR) is 114 cm³/mol. The van der Waals surface area contributed by atoms with Gasteiger partial charge in [-0.1, -0.05) is 24.3 Å². The zero-order chi connectivity index (χ0) is 22.2. The van der Waals surface area contributed by atoms with Gasteiger partial charge in [-0.3, -0.25) is 14.4 Å². The molecule has 3 rings (SSSR count). The standard InChI is InChI=1S/C24H27FN2O4/c1-17(28)31-21-7-4-6-20(15-21)24(30)26-16-18-11-13-27(14-12-18)23(29)10-9-19-5-2-3-8-22(19)25/h2-8,15,18H,9-14,16H2,1H3,(H,26,30). The molecule has 2 aromatic rings. The third-order valence-electron chi connectivity index (χ3n) is 5.44. The monoisotopic (exact) mass is 426 g/mol. The highest BCUT2D eigenvalue weighted by atomic mass is 19.1. The first-order valence-corrected chi connectivity index (χ1v) is 10.5. The number of carbonyl (C=O) groups is 3. The summed E-state index contributed by atoms with van der Waals surface area (Å²) in [7, 11) is 0. The van der Waals surface area contributed by atoms with Crippen LogP contribution in [0.5, 0.6) is 5.75 Å². The number of hydrogen-bond donors (Lipinski definition) is 1. The predicted octanol–water partition coefficient (Wildman–Crippen LogP) is 3.35. The van der Waals surface area contributed by atoms with E-state index in [1.807, 2.05) is 4.90 Å². The molecule has 164 valence electrons. The van der Waals surface area contributed by atoms with E-state index >= 15 is 0 Å². The number of likely N-dealkylation sites (tertiary alicyclic amines) is 1. The van der Waals surface area contributed by atoms with Gasteiger partial charge in [-0.2, -0.15) is 0 Å². The number of carbonyl (C=O) groups excluding carboxylic acids is 3. The van der Waals surface area contributed by atoms with E-state index in [0.717, 1.165) is 12.8 Å². The highest BCUT2D eigenvalue weighted by Crippen LogP contribution is 2.19. The summed E-state index contributed by atoms with van der Waals surface area (Å²) in [6, 6.07) is 13.0. The normalized spacial score (nSPS) is 14.2. The van der Waals surface area contributed by atoms with E-state index in [1.165, 1.54) is 19.1 Å². The van der Waals surface area contributed by atoms with Crippen LogP contribution in [-0.4, -0.2) is 42.3 Å². The minimum atomic E-state index is -0.437. The van der Waals surface area contributed by atoms with Crippen LogP contribution in [0.25, 0.3) is 0 Å². The molecule has 1 fully saturated rings. The van der Waals surface area contributed by atoms with E-state index in [0.29, 0.717) is 49.4 Å². The number of amides is 2. The van der Waals surface area contributed by atoms with Gasteiger partial charge >= 0.3 is 5.97 Å². The van der Waals surface area contributed by atoms with E-state index in [4.69, 9.17) is 4.74 Å². The van der Waals surface area contributed by atoms with Gasteiger partial charge in [0.1, 0.15) is 11.6 Å². The van der Waals surface area contributed by atoms with Crippen LogP contribution >= 0.6 is 0 Å². The Morgan fingerprint density at radius 3 is 2.55 bits per heavy atom. The molecule has 0 aliphatic carbocycles. The molecule has 0 aromatic heterocycles. The lowest BCUT2D eigenvalue weighted by Gasteiger charge is -2.32. The number of hydrogen-bond acceptors (Lipinski definition) is 4. The zero-order valence-corrected chi connectivity index (χ0v) is 17.6. The summed E-state index contributed by atoms with van der Waals surface area (Å²) in [5.41, 5.74) is 0.991. The number of rotatable bonds is 7. The molecule has 2 aromatic carbocycles. The summed E-state index contributed by atoms with van der Waals surface area (Å²) in [5, 5.41) is 2.92. The van der Waals surface area contributed by atoms with Crippen LogP contribution in [0, 0.1) is 11.7 Å². The largest absolute Gasteiger partial charge is 0.427 e. The number of halogens is 1. The highest BCUT2D eigenvalue weighted by molar-refractivity contribution is 5.94. The van der Waals surface area contributed by atoms with Gasteiger partial charge in [0.25, 0.3) is 5.91 Å². The number of nitrogens with zero attached hydrogens (tertiary/aromatic N) is 1. The van der Waals surface area contributed by atoms with Gasteiger partial charge in [-0.25, -0.2) is 4.39 Å². The Morgan fingerprint density at radius 1 is 1.10 bits per heavy atom. The lowest BCUT2D eigenvalue weighted by molar-refractivity contribution is -0.133. The fourth-order valence-electron chi connectivity index (χ4n) is 3.69. The number of ether oxygens (including phenoxy) is 1. The minimum Gasteiger partial charge on any atom is -0.427 e. The molecule has 2 amide bonds. The third-order valence-corrected chi connectivity index (χ3v) is 5.44. The summed E-state index contributed by atoms with van der Waals surface area (Å²) in [4.78, 5) is 37.7. The molecule has 0 unspecified atom stereocenters.